The van der Waals surface area contributed by atoms with Gasteiger partial charge in [-0.1, -0.05) is 23.7 Å². The first kappa shape index (κ1) is 15.2. The van der Waals surface area contributed by atoms with Crippen LogP contribution in [0.2, 0.25) is 5.02 Å². The lowest BCUT2D eigenvalue weighted by Gasteiger charge is -2.23. The van der Waals surface area contributed by atoms with Gasteiger partial charge in [-0.3, -0.25) is 0 Å². The monoisotopic (exact) mass is 310 g/mol. The summed E-state index contributed by atoms with van der Waals surface area (Å²) in [4.78, 5) is 0. The van der Waals surface area contributed by atoms with Crippen LogP contribution < -0.4 is 4.74 Å². The van der Waals surface area contributed by atoms with Crippen molar-refractivity contribution in [3.8, 4) is 11.5 Å². The van der Waals surface area contributed by atoms with E-state index in [9.17, 15) is 5.11 Å². The van der Waals surface area contributed by atoms with E-state index >= 15 is 0 Å². The van der Waals surface area contributed by atoms with Crippen molar-refractivity contribution in [3.05, 3.63) is 59.1 Å². The van der Waals surface area contributed by atoms with Crippen LogP contribution in [0.15, 0.2) is 48.5 Å². The van der Waals surface area contributed by atoms with Crippen molar-refractivity contribution < 1.29 is 9.84 Å². The molecular weight excluding hydrogens is 295 g/mol. The Morgan fingerprint density at radius 1 is 1.10 bits per heavy atom. The van der Waals surface area contributed by atoms with Gasteiger partial charge in [0.05, 0.1) is 5.60 Å². The summed E-state index contributed by atoms with van der Waals surface area (Å²) < 4.78 is 5.74. The van der Waals surface area contributed by atoms with Crippen LogP contribution in [0.25, 0.3) is 0 Å². The Morgan fingerprint density at radius 2 is 1.80 bits per heavy atom. The normalized spacial score (nSPS) is 13.8. The molecule has 4 heteroatoms. The predicted molar refractivity (Wildman–Crippen MR) is 82.9 cm³/mol. The number of ether oxygens (including phenoxy) is 1. The maximum absolute atomic E-state index is 10.4. The van der Waals surface area contributed by atoms with Gasteiger partial charge >= 0.3 is 0 Å². The van der Waals surface area contributed by atoms with Crippen molar-refractivity contribution in [1.29, 1.82) is 0 Å². The highest BCUT2D eigenvalue weighted by atomic mass is 35.5. The van der Waals surface area contributed by atoms with Crippen LogP contribution in [0.4, 0.5) is 0 Å². The second-order valence-electron chi connectivity index (χ2n) is 4.80. The molecule has 2 aromatic carbocycles. The molecule has 1 unspecified atom stereocenters. The maximum atomic E-state index is 10.4. The molecule has 0 amide bonds. The van der Waals surface area contributed by atoms with Crippen LogP contribution in [0, 0.1) is 0 Å². The van der Waals surface area contributed by atoms with E-state index in [4.69, 9.17) is 27.9 Å². The molecule has 0 radical (unpaired) electrons. The Balaban J connectivity index is 2.19. The molecule has 0 saturated heterocycles. The average molecular weight is 311 g/mol. The minimum Gasteiger partial charge on any atom is -0.457 e. The fourth-order valence-corrected chi connectivity index (χ4v) is 2.36. The quantitative estimate of drug-likeness (QED) is 0.790. The van der Waals surface area contributed by atoms with Crippen LogP contribution in [0.5, 0.6) is 11.5 Å². The van der Waals surface area contributed by atoms with E-state index in [1.54, 1.807) is 31.2 Å². The highest BCUT2D eigenvalue weighted by Gasteiger charge is 2.22. The molecular formula is C16H16Cl2O2. The molecule has 0 spiro atoms. The summed E-state index contributed by atoms with van der Waals surface area (Å²) >= 11 is 11.5. The second-order valence-corrected chi connectivity index (χ2v) is 5.61. The van der Waals surface area contributed by atoms with Crippen LogP contribution >= 0.6 is 23.2 Å². The summed E-state index contributed by atoms with van der Waals surface area (Å²) in [7, 11) is 0. The third kappa shape index (κ3) is 3.89. The molecule has 1 atom stereocenters. The maximum Gasteiger partial charge on any atom is 0.127 e. The van der Waals surface area contributed by atoms with Gasteiger partial charge in [0, 0.05) is 10.9 Å². The van der Waals surface area contributed by atoms with Gasteiger partial charge in [0.1, 0.15) is 11.5 Å². The standard InChI is InChI=1S/C16H16Cl2O2/c1-16(19,9-10-17)12-3-2-4-15(11-12)20-14-7-5-13(18)6-8-14/h2-8,11,19H,9-10H2,1H3. The molecule has 106 valence electrons. The van der Waals surface area contributed by atoms with Crippen molar-refractivity contribution in [1.82, 2.24) is 0 Å². The van der Waals surface area contributed by atoms with Gasteiger partial charge in [0.15, 0.2) is 0 Å². The number of aliphatic hydroxyl groups is 1. The lowest BCUT2D eigenvalue weighted by Crippen LogP contribution is -2.21. The van der Waals surface area contributed by atoms with E-state index in [-0.39, 0.29) is 0 Å². The van der Waals surface area contributed by atoms with E-state index in [2.05, 4.69) is 0 Å². The number of hydrogen-bond acceptors (Lipinski definition) is 2. The van der Waals surface area contributed by atoms with Gasteiger partial charge in [-0.2, -0.15) is 0 Å². The van der Waals surface area contributed by atoms with E-state index in [1.807, 2.05) is 24.3 Å². The van der Waals surface area contributed by atoms with E-state index in [1.165, 1.54) is 0 Å². The highest BCUT2D eigenvalue weighted by Crippen LogP contribution is 2.30. The van der Waals surface area contributed by atoms with Crippen molar-refractivity contribution in [2.24, 2.45) is 0 Å². The van der Waals surface area contributed by atoms with E-state index in [0.717, 1.165) is 5.56 Å². The predicted octanol–water partition coefficient (Wildman–Crippen LogP) is 4.97. The first-order chi connectivity index (χ1) is 9.51. The van der Waals surface area contributed by atoms with Crippen molar-refractivity contribution in [2.75, 3.05) is 5.88 Å². The van der Waals surface area contributed by atoms with Crippen molar-refractivity contribution in [2.45, 2.75) is 18.9 Å². The fourth-order valence-electron chi connectivity index (χ4n) is 1.86. The molecule has 0 aliphatic heterocycles. The third-order valence-corrected chi connectivity index (χ3v) is 3.53. The lowest BCUT2D eigenvalue weighted by molar-refractivity contribution is 0.0538. The summed E-state index contributed by atoms with van der Waals surface area (Å²) in [5.41, 5.74) is -0.175. The number of hydrogen-bond donors (Lipinski definition) is 1. The summed E-state index contributed by atoms with van der Waals surface area (Å²) in [5.74, 6) is 1.76. The zero-order valence-electron chi connectivity index (χ0n) is 11.1. The van der Waals surface area contributed by atoms with Crippen LogP contribution in [0.1, 0.15) is 18.9 Å². The highest BCUT2D eigenvalue weighted by molar-refractivity contribution is 6.30. The van der Waals surface area contributed by atoms with Gasteiger partial charge in [-0.15, -0.1) is 11.6 Å². The number of alkyl halides is 1. The Hall–Kier alpha value is -1.22. The summed E-state index contributed by atoms with van der Waals surface area (Å²) in [6.07, 6.45) is 0.485. The zero-order valence-corrected chi connectivity index (χ0v) is 12.7. The molecule has 0 aliphatic rings. The van der Waals surface area contributed by atoms with Crippen LogP contribution in [-0.4, -0.2) is 11.0 Å². The van der Waals surface area contributed by atoms with Gasteiger partial charge in [-0.05, 0) is 55.3 Å². The van der Waals surface area contributed by atoms with Crippen molar-refractivity contribution in [3.63, 3.8) is 0 Å². The number of rotatable bonds is 5. The molecule has 2 nitrogen and oxygen atoms in total. The SMILES string of the molecule is CC(O)(CCCl)c1cccc(Oc2ccc(Cl)cc2)c1. The summed E-state index contributed by atoms with van der Waals surface area (Å²) in [6, 6.07) is 14.5. The minimum absolute atomic E-state index is 0.398. The molecule has 0 heterocycles. The summed E-state index contributed by atoms with van der Waals surface area (Å²) in [6.45, 7) is 1.75. The zero-order chi connectivity index (χ0) is 14.6. The van der Waals surface area contributed by atoms with E-state index in [0.29, 0.717) is 28.8 Å². The number of halogens is 2. The second kappa shape index (κ2) is 6.49. The van der Waals surface area contributed by atoms with Gasteiger partial charge < -0.3 is 9.84 Å². The molecule has 20 heavy (non-hydrogen) atoms. The van der Waals surface area contributed by atoms with Gasteiger partial charge in [0.25, 0.3) is 0 Å². The first-order valence-corrected chi connectivity index (χ1v) is 7.25. The van der Waals surface area contributed by atoms with Gasteiger partial charge in [-0.25, -0.2) is 0 Å². The van der Waals surface area contributed by atoms with Crippen LogP contribution in [0.3, 0.4) is 0 Å². The molecule has 1 N–H and O–H groups in total. The topological polar surface area (TPSA) is 29.5 Å². The lowest BCUT2D eigenvalue weighted by atomic mass is 9.93. The Labute approximate surface area is 128 Å². The largest absolute Gasteiger partial charge is 0.457 e. The van der Waals surface area contributed by atoms with Crippen molar-refractivity contribution >= 4 is 23.2 Å². The molecule has 0 saturated carbocycles. The fraction of sp³-hybridized carbons (Fsp3) is 0.250. The Kier molecular flexibility index (Phi) is 4.92. The summed E-state index contributed by atoms with van der Waals surface area (Å²) in [5, 5.41) is 11.0. The minimum atomic E-state index is -0.957. The van der Waals surface area contributed by atoms with Gasteiger partial charge in [0.2, 0.25) is 0 Å². The Morgan fingerprint density at radius 3 is 2.45 bits per heavy atom. The molecule has 0 bridgehead atoms. The third-order valence-electron chi connectivity index (χ3n) is 3.09. The first-order valence-electron chi connectivity index (χ1n) is 6.33. The molecule has 0 aliphatic carbocycles. The van der Waals surface area contributed by atoms with E-state index < -0.39 is 5.60 Å². The molecule has 2 rings (SSSR count). The molecule has 2 aromatic rings. The molecule has 0 aromatic heterocycles. The number of benzene rings is 2. The molecule has 0 fully saturated rings. The smallest absolute Gasteiger partial charge is 0.127 e. The van der Waals surface area contributed by atoms with Crippen LogP contribution in [-0.2, 0) is 5.60 Å². The Bertz CT molecular complexity index is 565. The average Bonchev–Trinajstić information content (AvgIpc) is 2.42.